The van der Waals surface area contributed by atoms with Crippen LogP contribution in [0.1, 0.15) is 45.6 Å². The summed E-state index contributed by atoms with van der Waals surface area (Å²) in [6.07, 6.45) is 4.92. The first-order chi connectivity index (χ1) is 12.3. The summed E-state index contributed by atoms with van der Waals surface area (Å²) < 4.78 is 5.26. The Morgan fingerprint density at radius 2 is 1.92 bits per heavy atom. The molecule has 2 aromatic rings. The van der Waals surface area contributed by atoms with E-state index in [0.717, 1.165) is 24.8 Å². The molecule has 2 N–H and O–H groups in total. The zero-order chi connectivity index (χ0) is 19.3. The molecule has 1 heterocycles. The molecule has 0 fully saturated rings. The van der Waals surface area contributed by atoms with E-state index in [-0.39, 0.29) is 5.54 Å². The molecule has 0 aliphatic carbocycles. The maximum Gasteiger partial charge on any atom is 0.225 e. The first kappa shape index (κ1) is 20.6. The molecule has 0 amide bonds. The highest BCUT2D eigenvalue weighted by atomic mass is 35.5. The lowest BCUT2D eigenvalue weighted by Gasteiger charge is -2.29. The van der Waals surface area contributed by atoms with Gasteiger partial charge in [-0.3, -0.25) is 0 Å². The van der Waals surface area contributed by atoms with Crippen molar-refractivity contribution < 1.29 is 4.74 Å². The molecule has 2 rings (SSSR count). The fourth-order valence-electron chi connectivity index (χ4n) is 2.69. The number of aromatic nitrogens is 2. The molecule has 0 spiro atoms. The number of halogens is 2. The van der Waals surface area contributed by atoms with Crippen molar-refractivity contribution in [1.82, 2.24) is 9.97 Å². The molecule has 1 aromatic carbocycles. The van der Waals surface area contributed by atoms with Crippen LogP contribution in [0.2, 0.25) is 10.0 Å². The fraction of sp³-hybridized carbons (Fsp3) is 0.474. The van der Waals surface area contributed by atoms with Gasteiger partial charge in [0.05, 0.1) is 22.8 Å². The van der Waals surface area contributed by atoms with E-state index in [9.17, 15) is 0 Å². The zero-order valence-corrected chi connectivity index (χ0v) is 17.4. The number of hydrogen-bond acceptors (Lipinski definition) is 5. The molecule has 0 aliphatic rings. The van der Waals surface area contributed by atoms with Crippen LogP contribution in [0.3, 0.4) is 0 Å². The molecule has 5 nitrogen and oxygen atoms in total. The van der Waals surface area contributed by atoms with Crippen molar-refractivity contribution in [3.8, 4) is 5.75 Å². The molecule has 0 saturated heterocycles. The number of rotatable bonds is 8. The third-order valence-electron chi connectivity index (χ3n) is 4.46. The van der Waals surface area contributed by atoms with Crippen molar-refractivity contribution in [3.05, 3.63) is 33.9 Å². The SMILES string of the molecule is CCCC(C)(CC)Nc1ncc(C)c(Nc2cc(OC)c(Cl)cc2Cl)n1. The van der Waals surface area contributed by atoms with Crippen LogP contribution < -0.4 is 15.4 Å². The Bertz CT molecular complexity index is 769. The van der Waals surface area contributed by atoms with Gasteiger partial charge in [0.2, 0.25) is 5.95 Å². The van der Waals surface area contributed by atoms with Crippen LogP contribution in [0.15, 0.2) is 18.3 Å². The van der Waals surface area contributed by atoms with Crippen LogP contribution >= 0.6 is 23.2 Å². The topological polar surface area (TPSA) is 59.1 Å². The van der Waals surface area contributed by atoms with Crippen LogP contribution in [-0.4, -0.2) is 22.6 Å². The molecule has 1 atom stereocenters. The highest BCUT2D eigenvalue weighted by Gasteiger charge is 2.22. The second-order valence-electron chi connectivity index (χ2n) is 6.61. The minimum atomic E-state index is -0.0393. The molecule has 0 saturated carbocycles. The molecular weight excluding hydrogens is 371 g/mol. The Balaban J connectivity index is 2.31. The predicted octanol–water partition coefficient (Wildman–Crippen LogP) is 6.22. The summed E-state index contributed by atoms with van der Waals surface area (Å²) in [6.45, 7) is 8.47. The Hall–Kier alpha value is -1.72. The molecule has 1 unspecified atom stereocenters. The van der Waals surface area contributed by atoms with Crippen LogP contribution in [0, 0.1) is 6.92 Å². The maximum atomic E-state index is 6.31. The van der Waals surface area contributed by atoms with Crippen molar-refractivity contribution in [2.45, 2.75) is 52.5 Å². The second kappa shape index (κ2) is 8.78. The Morgan fingerprint density at radius 1 is 1.19 bits per heavy atom. The normalized spacial score (nSPS) is 13.2. The lowest BCUT2D eigenvalue weighted by molar-refractivity contribution is 0.415. The summed E-state index contributed by atoms with van der Waals surface area (Å²) in [6, 6.07) is 3.40. The zero-order valence-electron chi connectivity index (χ0n) is 15.9. The summed E-state index contributed by atoms with van der Waals surface area (Å²) in [5, 5.41) is 7.68. The van der Waals surface area contributed by atoms with Crippen molar-refractivity contribution >= 4 is 40.7 Å². The van der Waals surface area contributed by atoms with Gasteiger partial charge in [-0.15, -0.1) is 0 Å². The highest BCUT2D eigenvalue weighted by molar-refractivity contribution is 6.37. The minimum Gasteiger partial charge on any atom is -0.495 e. The maximum absolute atomic E-state index is 6.31. The van der Waals surface area contributed by atoms with Crippen molar-refractivity contribution in [1.29, 1.82) is 0 Å². The largest absolute Gasteiger partial charge is 0.495 e. The number of nitrogens with zero attached hydrogens (tertiary/aromatic N) is 2. The molecule has 1 aromatic heterocycles. The van der Waals surface area contributed by atoms with Crippen molar-refractivity contribution in [2.75, 3.05) is 17.7 Å². The van der Waals surface area contributed by atoms with Crippen molar-refractivity contribution in [3.63, 3.8) is 0 Å². The number of methoxy groups -OCH3 is 1. The third-order valence-corrected chi connectivity index (χ3v) is 5.07. The van der Waals surface area contributed by atoms with Gasteiger partial charge in [-0.2, -0.15) is 4.98 Å². The average Bonchev–Trinajstić information content (AvgIpc) is 2.60. The van der Waals surface area contributed by atoms with Gasteiger partial charge in [0.25, 0.3) is 0 Å². The quantitative estimate of drug-likeness (QED) is 0.553. The molecule has 0 bridgehead atoms. The number of nitrogens with one attached hydrogen (secondary N) is 2. The summed E-state index contributed by atoms with van der Waals surface area (Å²) in [7, 11) is 1.57. The monoisotopic (exact) mass is 396 g/mol. The van der Waals surface area contributed by atoms with E-state index in [1.165, 1.54) is 0 Å². The first-order valence-corrected chi connectivity index (χ1v) is 9.49. The second-order valence-corrected chi connectivity index (χ2v) is 7.42. The van der Waals surface area contributed by atoms with Gasteiger partial charge < -0.3 is 15.4 Å². The van der Waals surface area contributed by atoms with Gasteiger partial charge in [0.15, 0.2) is 0 Å². The van der Waals surface area contributed by atoms with E-state index in [0.29, 0.717) is 33.2 Å². The number of anilines is 3. The van der Waals surface area contributed by atoms with E-state index in [1.54, 1.807) is 25.4 Å². The van der Waals surface area contributed by atoms with Crippen LogP contribution in [0.4, 0.5) is 17.5 Å². The molecule has 7 heteroatoms. The van der Waals surface area contributed by atoms with Gasteiger partial charge >= 0.3 is 0 Å². The Morgan fingerprint density at radius 3 is 2.54 bits per heavy atom. The number of ether oxygens (including phenoxy) is 1. The van der Waals surface area contributed by atoms with Gasteiger partial charge in [-0.1, -0.05) is 43.5 Å². The van der Waals surface area contributed by atoms with Crippen LogP contribution in [-0.2, 0) is 0 Å². The number of hydrogen-bond donors (Lipinski definition) is 2. The molecule has 142 valence electrons. The van der Waals surface area contributed by atoms with Gasteiger partial charge in [0.1, 0.15) is 11.6 Å². The molecule has 0 radical (unpaired) electrons. The Kier molecular flexibility index (Phi) is 6.95. The van der Waals surface area contributed by atoms with Gasteiger partial charge in [-0.05, 0) is 32.8 Å². The lowest BCUT2D eigenvalue weighted by atomic mass is 9.93. The summed E-state index contributed by atoms with van der Waals surface area (Å²) in [5.74, 6) is 1.82. The highest BCUT2D eigenvalue weighted by Crippen LogP contribution is 2.36. The third kappa shape index (κ3) is 4.92. The van der Waals surface area contributed by atoms with Gasteiger partial charge in [0, 0.05) is 23.4 Å². The smallest absolute Gasteiger partial charge is 0.225 e. The van der Waals surface area contributed by atoms with E-state index in [1.807, 2.05) is 6.92 Å². The van der Waals surface area contributed by atoms with Crippen molar-refractivity contribution in [2.24, 2.45) is 0 Å². The van der Waals surface area contributed by atoms with E-state index in [4.69, 9.17) is 27.9 Å². The lowest BCUT2D eigenvalue weighted by Crippen LogP contribution is -2.34. The molecule has 26 heavy (non-hydrogen) atoms. The van der Waals surface area contributed by atoms with E-state index < -0.39 is 0 Å². The predicted molar refractivity (Wildman–Crippen MR) is 110 cm³/mol. The fourth-order valence-corrected chi connectivity index (χ4v) is 3.19. The van der Waals surface area contributed by atoms with E-state index >= 15 is 0 Å². The van der Waals surface area contributed by atoms with E-state index in [2.05, 4.69) is 41.4 Å². The number of benzene rings is 1. The average molecular weight is 397 g/mol. The van der Waals surface area contributed by atoms with Gasteiger partial charge in [-0.25, -0.2) is 4.98 Å². The minimum absolute atomic E-state index is 0.0393. The summed E-state index contributed by atoms with van der Waals surface area (Å²) in [5.41, 5.74) is 1.55. The summed E-state index contributed by atoms with van der Waals surface area (Å²) >= 11 is 12.4. The van der Waals surface area contributed by atoms with Crippen LogP contribution in [0.5, 0.6) is 5.75 Å². The summed E-state index contributed by atoms with van der Waals surface area (Å²) in [4.78, 5) is 9.06. The number of aryl methyl sites for hydroxylation is 1. The molecular formula is C19H26Cl2N4O. The van der Waals surface area contributed by atoms with Crippen LogP contribution in [0.25, 0.3) is 0 Å². The first-order valence-electron chi connectivity index (χ1n) is 8.73. The molecule has 0 aliphatic heterocycles. The standard InChI is InChI=1S/C19H26Cl2N4O/c1-6-8-19(4,7-2)25-18-22-11-12(3)17(24-18)23-15-10-16(26-5)14(21)9-13(15)20/h9-11H,6-8H2,1-5H3,(H2,22,23,24,25). The Labute approximate surface area is 165 Å².